The molecule has 6 heteroatoms. The van der Waals surface area contributed by atoms with E-state index in [0.29, 0.717) is 17.9 Å². The van der Waals surface area contributed by atoms with E-state index in [0.717, 1.165) is 10.6 Å². The maximum Gasteiger partial charge on any atom is 0.251 e. The summed E-state index contributed by atoms with van der Waals surface area (Å²) >= 11 is 1.50. The van der Waals surface area contributed by atoms with Crippen LogP contribution in [0.2, 0.25) is 0 Å². The number of methoxy groups -OCH3 is 1. The van der Waals surface area contributed by atoms with Crippen LogP contribution < -0.4 is 10.1 Å². The van der Waals surface area contributed by atoms with E-state index in [1.165, 1.54) is 24.5 Å². The highest BCUT2D eigenvalue weighted by Gasteiger charge is 2.10. The number of ether oxygens (including phenoxy) is 1. The highest BCUT2D eigenvalue weighted by molar-refractivity contribution is 7.09. The zero-order valence-electron chi connectivity index (χ0n) is 10.6. The molecule has 0 aliphatic carbocycles. The predicted octanol–water partition coefficient (Wildman–Crippen LogP) is 2.10. The van der Waals surface area contributed by atoms with E-state index in [4.69, 9.17) is 4.74 Å². The summed E-state index contributed by atoms with van der Waals surface area (Å²) in [5.41, 5.74) is 3.05. The van der Waals surface area contributed by atoms with Crippen molar-refractivity contribution >= 4 is 17.2 Å². The van der Waals surface area contributed by atoms with Gasteiger partial charge in [0.1, 0.15) is 0 Å². The molecule has 0 fully saturated rings. The van der Waals surface area contributed by atoms with Gasteiger partial charge in [0.15, 0.2) is 11.5 Å². The first-order valence-corrected chi connectivity index (χ1v) is 6.54. The lowest BCUT2D eigenvalue weighted by Crippen LogP contribution is -2.22. The normalized spacial score (nSPS) is 10.2. The van der Waals surface area contributed by atoms with Crippen LogP contribution in [0.5, 0.6) is 11.5 Å². The van der Waals surface area contributed by atoms with Gasteiger partial charge in [0.2, 0.25) is 0 Å². The van der Waals surface area contributed by atoms with Crippen molar-refractivity contribution in [2.75, 3.05) is 7.11 Å². The van der Waals surface area contributed by atoms with Gasteiger partial charge in [0.05, 0.1) is 24.9 Å². The number of hydrogen-bond acceptors (Lipinski definition) is 5. The second-order valence-corrected chi connectivity index (χ2v) is 4.87. The Morgan fingerprint density at radius 2 is 2.32 bits per heavy atom. The smallest absolute Gasteiger partial charge is 0.251 e. The monoisotopic (exact) mass is 278 g/mol. The number of aromatic hydroxyl groups is 1. The highest BCUT2D eigenvalue weighted by atomic mass is 32.1. The topological polar surface area (TPSA) is 71.5 Å². The number of thiazole rings is 1. The van der Waals surface area contributed by atoms with Crippen LogP contribution in [0.15, 0.2) is 23.7 Å². The number of benzene rings is 1. The minimum absolute atomic E-state index is 0.0517. The summed E-state index contributed by atoms with van der Waals surface area (Å²) in [5.74, 6) is 0.0460. The molecule has 0 spiro atoms. The molecule has 0 unspecified atom stereocenters. The molecule has 0 bridgehead atoms. The number of aryl methyl sites for hydroxylation is 1. The Hall–Kier alpha value is -2.08. The average molecular weight is 278 g/mol. The van der Waals surface area contributed by atoms with Crippen LogP contribution in [0.4, 0.5) is 0 Å². The van der Waals surface area contributed by atoms with E-state index in [1.807, 2.05) is 6.92 Å². The molecule has 0 atom stereocenters. The van der Waals surface area contributed by atoms with Crippen molar-refractivity contribution < 1.29 is 14.6 Å². The van der Waals surface area contributed by atoms with Gasteiger partial charge < -0.3 is 15.2 Å². The molecule has 1 aromatic heterocycles. The Balaban J connectivity index is 2.04. The molecule has 1 aromatic carbocycles. The number of amides is 1. The number of carbonyl (C=O) groups is 1. The van der Waals surface area contributed by atoms with Crippen molar-refractivity contribution in [1.82, 2.24) is 10.3 Å². The van der Waals surface area contributed by atoms with Gasteiger partial charge in [-0.05, 0) is 25.1 Å². The van der Waals surface area contributed by atoms with Crippen molar-refractivity contribution in [2.24, 2.45) is 0 Å². The first-order valence-electron chi connectivity index (χ1n) is 5.66. The van der Waals surface area contributed by atoms with Crippen LogP contribution >= 0.6 is 11.3 Å². The molecule has 2 aromatic rings. The minimum Gasteiger partial charge on any atom is -0.504 e. The van der Waals surface area contributed by atoms with Crippen LogP contribution in [-0.4, -0.2) is 23.1 Å². The van der Waals surface area contributed by atoms with Crippen molar-refractivity contribution in [1.29, 1.82) is 0 Å². The molecule has 0 saturated heterocycles. The van der Waals surface area contributed by atoms with Crippen molar-refractivity contribution in [3.8, 4) is 11.5 Å². The summed E-state index contributed by atoms with van der Waals surface area (Å²) in [5, 5.41) is 12.4. The standard InChI is InChI=1S/C13H14N2O3S/c1-8-12(19-7-15-8)6-14-13(17)9-3-4-11(18-2)10(16)5-9/h3-5,7,16H,6H2,1-2H3,(H,14,17). The SMILES string of the molecule is COc1ccc(C(=O)NCc2scnc2C)cc1O. The first kappa shape index (κ1) is 13.4. The molecule has 0 saturated carbocycles. The molecule has 19 heavy (non-hydrogen) atoms. The Bertz CT molecular complexity index is 595. The summed E-state index contributed by atoms with van der Waals surface area (Å²) in [6.07, 6.45) is 0. The number of phenols is 1. The zero-order chi connectivity index (χ0) is 13.8. The van der Waals surface area contributed by atoms with E-state index < -0.39 is 0 Å². The van der Waals surface area contributed by atoms with E-state index in [1.54, 1.807) is 17.6 Å². The first-order chi connectivity index (χ1) is 9.11. The van der Waals surface area contributed by atoms with Gasteiger partial charge in [0, 0.05) is 10.4 Å². The Labute approximate surface area is 114 Å². The van der Waals surface area contributed by atoms with Crippen LogP contribution in [0.3, 0.4) is 0 Å². The highest BCUT2D eigenvalue weighted by Crippen LogP contribution is 2.26. The van der Waals surface area contributed by atoms with Gasteiger partial charge in [-0.15, -0.1) is 11.3 Å². The van der Waals surface area contributed by atoms with Crippen LogP contribution in [0, 0.1) is 6.92 Å². The van der Waals surface area contributed by atoms with Crippen LogP contribution in [0.25, 0.3) is 0 Å². The summed E-state index contributed by atoms with van der Waals surface area (Å²) in [4.78, 5) is 17.1. The number of aromatic nitrogens is 1. The number of nitrogens with one attached hydrogen (secondary N) is 1. The second-order valence-electron chi connectivity index (χ2n) is 3.93. The number of phenolic OH excluding ortho intramolecular Hbond substituents is 1. The van der Waals surface area contributed by atoms with Gasteiger partial charge in [-0.25, -0.2) is 4.98 Å². The Morgan fingerprint density at radius 3 is 2.89 bits per heavy atom. The molecular formula is C13H14N2O3S. The minimum atomic E-state index is -0.245. The molecule has 2 N–H and O–H groups in total. The lowest BCUT2D eigenvalue weighted by Gasteiger charge is -2.07. The lowest BCUT2D eigenvalue weighted by molar-refractivity contribution is 0.0951. The number of nitrogens with zero attached hydrogens (tertiary/aromatic N) is 1. The molecule has 0 aliphatic rings. The molecule has 1 heterocycles. The third-order valence-electron chi connectivity index (χ3n) is 2.70. The molecule has 2 rings (SSSR count). The van der Waals surface area contributed by atoms with Crippen LogP contribution in [0.1, 0.15) is 20.9 Å². The third kappa shape index (κ3) is 3.03. The van der Waals surface area contributed by atoms with Crippen molar-refractivity contribution in [3.63, 3.8) is 0 Å². The fourth-order valence-corrected chi connectivity index (χ4v) is 2.31. The van der Waals surface area contributed by atoms with E-state index in [-0.39, 0.29) is 11.7 Å². The molecule has 0 aliphatic heterocycles. The van der Waals surface area contributed by atoms with Crippen molar-refractivity contribution in [2.45, 2.75) is 13.5 Å². The fraction of sp³-hybridized carbons (Fsp3) is 0.231. The molecular weight excluding hydrogens is 264 g/mol. The van der Waals surface area contributed by atoms with Crippen molar-refractivity contribution in [3.05, 3.63) is 39.8 Å². The number of rotatable bonds is 4. The summed E-state index contributed by atoms with van der Waals surface area (Å²) in [6, 6.07) is 4.54. The molecule has 0 radical (unpaired) electrons. The second kappa shape index (κ2) is 5.71. The van der Waals surface area contributed by atoms with E-state index in [9.17, 15) is 9.90 Å². The van der Waals surface area contributed by atoms with E-state index in [2.05, 4.69) is 10.3 Å². The number of hydrogen-bond donors (Lipinski definition) is 2. The predicted molar refractivity (Wildman–Crippen MR) is 72.7 cm³/mol. The van der Waals surface area contributed by atoms with Gasteiger partial charge in [0.25, 0.3) is 5.91 Å². The largest absolute Gasteiger partial charge is 0.504 e. The van der Waals surface area contributed by atoms with Gasteiger partial charge in [-0.2, -0.15) is 0 Å². The Morgan fingerprint density at radius 1 is 1.53 bits per heavy atom. The summed E-state index contributed by atoms with van der Waals surface area (Å²) in [7, 11) is 1.46. The Kier molecular flexibility index (Phi) is 4.01. The lowest BCUT2D eigenvalue weighted by atomic mass is 10.2. The third-order valence-corrected chi connectivity index (χ3v) is 3.63. The average Bonchev–Trinajstić information content (AvgIpc) is 2.81. The number of carbonyl (C=O) groups excluding carboxylic acids is 1. The quantitative estimate of drug-likeness (QED) is 0.898. The summed E-state index contributed by atoms with van der Waals surface area (Å²) in [6.45, 7) is 2.33. The van der Waals surface area contributed by atoms with E-state index >= 15 is 0 Å². The molecule has 5 nitrogen and oxygen atoms in total. The van der Waals surface area contributed by atoms with Crippen LogP contribution in [-0.2, 0) is 6.54 Å². The molecule has 100 valence electrons. The maximum absolute atomic E-state index is 11.9. The van der Waals surface area contributed by atoms with Gasteiger partial charge in [-0.3, -0.25) is 4.79 Å². The zero-order valence-corrected chi connectivity index (χ0v) is 11.5. The van der Waals surface area contributed by atoms with Gasteiger partial charge in [-0.1, -0.05) is 0 Å². The molecule has 1 amide bonds. The fourth-order valence-electron chi connectivity index (χ4n) is 1.59. The van der Waals surface area contributed by atoms with Gasteiger partial charge >= 0.3 is 0 Å². The maximum atomic E-state index is 11.9. The summed E-state index contributed by atoms with van der Waals surface area (Å²) < 4.78 is 4.93.